The Morgan fingerprint density at radius 3 is 1.03 bits per heavy atom. The number of carbonyl (C=O) groups is 2. The van der Waals surface area contributed by atoms with Crippen molar-refractivity contribution in [2.45, 2.75) is 348 Å². The van der Waals surface area contributed by atoms with Crippen LogP contribution in [0, 0.1) is 0 Å². The van der Waals surface area contributed by atoms with Crippen LogP contribution in [-0.2, 0) is 23.8 Å². The summed E-state index contributed by atoms with van der Waals surface area (Å²) < 4.78 is 17.5. The molecule has 0 amide bonds. The van der Waals surface area contributed by atoms with E-state index in [-0.39, 0.29) is 25.2 Å². The van der Waals surface area contributed by atoms with Gasteiger partial charge < -0.3 is 14.2 Å². The Balaban J connectivity index is 4.22. The van der Waals surface area contributed by atoms with Crippen molar-refractivity contribution < 1.29 is 23.8 Å². The van der Waals surface area contributed by atoms with E-state index in [2.05, 4.69) is 57.2 Å². The van der Waals surface area contributed by atoms with E-state index in [1.54, 1.807) is 0 Å². The highest BCUT2D eigenvalue weighted by Crippen LogP contribution is 2.18. The first-order chi connectivity index (χ1) is 34.6. The third-order valence-corrected chi connectivity index (χ3v) is 14.2. The van der Waals surface area contributed by atoms with Crippen molar-refractivity contribution in [3.05, 3.63) is 36.5 Å². The first-order valence-electron chi connectivity index (χ1n) is 31.5. The van der Waals surface area contributed by atoms with E-state index < -0.39 is 6.10 Å². The van der Waals surface area contributed by atoms with Crippen molar-refractivity contribution in [1.29, 1.82) is 0 Å². The number of hydrogen-bond acceptors (Lipinski definition) is 5. The molecule has 0 saturated heterocycles. The third kappa shape index (κ3) is 58.7. The van der Waals surface area contributed by atoms with Crippen LogP contribution in [0.1, 0.15) is 342 Å². The van der Waals surface area contributed by atoms with Crippen LogP contribution in [0.25, 0.3) is 0 Å². The maximum Gasteiger partial charge on any atom is 0.306 e. The summed E-state index contributed by atoms with van der Waals surface area (Å²) >= 11 is 0. The van der Waals surface area contributed by atoms with E-state index >= 15 is 0 Å². The second kappa shape index (κ2) is 61.4. The number of allylic oxidation sites excluding steroid dienone is 6. The van der Waals surface area contributed by atoms with Gasteiger partial charge in [-0.25, -0.2) is 0 Å². The molecular formula is C65H122O5. The smallest absolute Gasteiger partial charge is 0.306 e. The summed E-state index contributed by atoms with van der Waals surface area (Å²) in [6.07, 6.45) is 76.1. The van der Waals surface area contributed by atoms with Gasteiger partial charge in [-0.05, 0) is 51.4 Å². The van der Waals surface area contributed by atoms with Crippen LogP contribution in [0.3, 0.4) is 0 Å². The molecule has 1 unspecified atom stereocenters. The normalized spacial score (nSPS) is 12.3. The molecule has 0 heterocycles. The van der Waals surface area contributed by atoms with Gasteiger partial charge in [0.05, 0.1) is 6.61 Å². The van der Waals surface area contributed by atoms with Crippen LogP contribution in [0.4, 0.5) is 0 Å². The van der Waals surface area contributed by atoms with E-state index in [1.807, 2.05) is 0 Å². The summed E-state index contributed by atoms with van der Waals surface area (Å²) in [7, 11) is 0. The molecule has 0 aliphatic carbocycles. The number of hydrogen-bond donors (Lipinski definition) is 0. The Labute approximate surface area is 438 Å². The molecule has 0 aliphatic heterocycles. The zero-order chi connectivity index (χ0) is 50.6. The maximum absolute atomic E-state index is 12.9. The van der Waals surface area contributed by atoms with Gasteiger partial charge in [0, 0.05) is 19.4 Å². The lowest BCUT2D eigenvalue weighted by Gasteiger charge is -2.18. The standard InChI is InChI=1S/C65H122O5/c1-4-7-10-13-16-19-22-25-28-31-33-35-37-40-43-46-49-52-55-58-64(66)69-62-63(61-68-60-57-54-51-48-45-42-39-30-27-24-21-18-15-12-9-6-3)70-65(67)59-56-53-50-47-44-41-38-36-34-32-29-26-23-20-17-14-11-8-5-2/h9,12,18,21,27,30,63H,4-8,10-11,13-17,19-20,22-26,28-29,31-62H2,1-3H3/b12-9-,21-18-,30-27-. The molecule has 0 rings (SSSR count). The van der Waals surface area contributed by atoms with Crippen LogP contribution >= 0.6 is 0 Å². The van der Waals surface area contributed by atoms with Crippen LogP contribution in [-0.4, -0.2) is 37.9 Å². The zero-order valence-corrected chi connectivity index (χ0v) is 47.6. The van der Waals surface area contributed by atoms with Crippen molar-refractivity contribution in [2.75, 3.05) is 19.8 Å². The molecule has 5 nitrogen and oxygen atoms in total. The average Bonchev–Trinajstić information content (AvgIpc) is 3.36. The summed E-state index contributed by atoms with van der Waals surface area (Å²) in [5.74, 6) is -0.379. The van der Waals surface area contributed by atoms with Gasteiger partial charge in [0.15, 0.2) is 6.10 Å². The van der Waals surface area contributed by atoms with Gasteiger partial charge in [0.25, 0.3) is 0 Å². The lowest BCUT2D eigenvalue weighted by Crippen LogP contribution is -2.30. The van der Waals surface area contributed by atoms with Crippen LogP contribution in [0.5, 0.6) is 0 Å². The lowest BCUT2D eigenvalue weighted by molar-refractivity contribution is -0.163. The molecule has 5 heteroatoms. The minimum Gasteiger partial charge on any atom is -0.462 e. The largest absolute Gasteiger partial charge is 0.462 e. The second-order valence-corrected chi connectivity index (χ2v) is 21.3. The van der Waals surface area contributed by atoms with Gasteiger partial charge >= 0.3 is 11.9 Å². The van der Waals surface area contributed by atoms with Gasteiger partial charge in [-0.2, -0.15) is 0 Å². The molecule has 0 aliphatic rings. The Hall–Kier alpha value is -1.88. The fourth-order valence-electron chi connectivity index (χ4n) is 9.53. The van der Waals surface area contributed by atoms with E-state index in [0.29, 0.717) is 19.4 Å². The number of unbranched alkanes of at least 4 members (excludes halogenated alkanes) is 42. The minimum atomic E-state index is -0.539. The number of carbonyl (C=O) groups excluding carboxylic acids is 2. The molecule has 412 valence electrons. The van der Waals surface area contributed by atoms with Crippen molar-refractivity contribution in [1.82, 2.24) is 0 Å². The molecular weight excluding hydrogens is 861 g/mol. The second-order valence-electron chi connectivity index (χ2n) is 21.3. The number of esters is 2. The topological polar surface area (TPSA) is 61.8 Å². The monoisotopic (exact) mass is 983 g/mol. The molecule has 1 atom stereocenters. The van der Waals surface area contributed by atoms with Crippen molar-refractivity contribution >= 4 is 11.9 Å². The molecule has 0 fully saturated rings. The summed E-state index contributed by atoms with van der Waals surface area (Å²) in [5, 5.41) is 0. The highest BCUT2D eigenvalue weighted by Gasteiger charge is 2.18. The molecule has 0 spiro atoms. The quantitative estimate of drug-likeness (QED) is 0.0345. The van der Waals surface area contributed by atoms with E-state index in [9.17, 15) is 9.59 Å². The van der Waals surface area contributed by atoms with Gasteiger partial charge in [0.1, 0.15) is 6.61 Å². The molecule has 0 radical (unpaired) electrons. The molecule has 0 bridgehead atoms. The van der Waals surface area contributed by atoms with E-state index in [0.717, 1.165) is 64.2 Å². The minimum absolute atomic E-state index is 0.0872. The first kappa shape index (κ1) is 68.1. The summed E-state index contributed by atoms with van der Waals surface area (Å²) in [6.45, 7) is 7.77. The highest BCUT2D eigenvalue weighted by atomic mass is 16.6. The third-order valence-electron chi connectivity index (χ3n) is 14.2. The van der Waals surface area contributed by atoms with E-state index in [4.69, 9.17) is 14.2 Å². The predicted molar refractivity (Wildman–Crippen MR) is 307 cm³/mol. The van der Waals surface area contributed by atoms with Gasteiger partial charge in [-0.3, -0.25) is 9.59 Å². The zero-order valence-electron chi connectivity index (χ0n) is 47.6. The molecule has 70 heavy (non-hydrogen) atoms. The van der Waals surface area contributed by atoms with Gasteiger partial charge in [-0.1, -0.05) is 314 Å². The number of rotatable bonds is 59. The Bertz CT molecular complexity index is 1110. The maximum atomic E-state index is 12.9. The fourth-order valence-corrected chi connectivity index (χ4v) is 9.53. The fraction of sp³-hybridized carbons (Fsp3) is 0.877. The molecule has 0 aromatic heterocycles. The molecule has 0 N–H and O–H groups in total. The molecule has 0 saturated carbocycles. The molecule has 0 aromatic carbocycles. The molecule has 0 aromatic rings. The summed E-state index contributed by atoms with van der Waals surface area (Å²) in [5.41, 5.74) is 0. The Kier molecular flexibility index (Phi) is 59.8. The summed E-state index contributed by atoms with van der Waals surface area (Å²) in [6, 6.07) is 0. The van der Waals surface area contributed by atoms with Crippen LogP contribution in [0.15, 0.2) is 36.5 Å². The highest BCUT2D eigenvalue weighted by molar-refractivity contribution is 5.70. The lowest BCUT2D eigenvalue weighted by atomic mass is 10.0. The number of ether oxygens (including phenoxy) is 3. The van der Waals surface area contributed by atoms with Gasteiger partial charge in [0.2, 0.25) is 0 Å². The van der Waals surface area contributed by atoms with Gasteiger partial charge in [-0.15, -0.1) is 0 Å². The van der Waals surface area contributed by atoms with Crippen LogP contribution in [0.2, 0.25) is 0 Å². The van der Waals surface area contributed by atoms with Crippen molar-refractivity contribution in [3.8, 4) is 0 Å². The Morgan fingerprint density at radius 2 is 0.643 bits per heavy atom. The SMILES string of the molecule is CC/C=C\C/C=C\C/C=C\CCCCCCCCOCC(COC(=O)CCCCCCCCCCCCCCCCCCCCC)OC(=O)CCCCCCCCCCCCCCCCCCCCC. The first-order valence-corrected chi connectivity index (χ1v) is 31.5. The summed E-state index contributed by atoms with van der Waals surface area (Å²) in [4.78, 5) is 25.6. The predicted octanol–water partition coefficient (Wildman–Crippen LogP) is 21.7. The van der Waals surface area contributed by atoms with Crippen LogP contribution < -0.4 is 0 Å². The van der Waals surface area contributed by atoms with Crippen molar-refractivity contribution in [2.24, 2.45) is 0 Å². The van der Waals surface area contributed by atoms with E-state index in [1.165, 1.54) is 244 Å². The van der Waals surface area contributed by atoms with Crippen molar-refractivity contribution in [3.63, 3.8) is 0 Å². The Morgan fingerprint density at radius 1 is 0.329 bits per heavy atom. The average molecular weight is 984 g/mol.